The SMILES string of the molecule is CC12CC3CC(O)(C1)C3C2. The zero-order chi connectivity index (χ0) is 6.98. The van der Waals surface area contributed by atoms with Crippen molar-refractivity contribution in [3.05, 3.63) is 0 Å². The van der Waals surface area contributed by atoms with Crippen molar-refractivity contribution in [1.82, 2.24) is 0 Å². The molecule has 0 heterocycles. The van der Waals surface area contributed by atoms with Crippen molar-refractivity contribution in [3.8, 4) is 0 Å². The molecule has 0 aromatic heterocycles. The standard InChI is InChI=1S/C9H14O/c1-8-2-6-3-9(10,5-8)7(6)4-8/h6-7,10H,2-5H2,1H3. The lowest BCUT2D eigenvalue weighted by molar-refractivity contribution is -0.140. The topological polar surface area (TPSA) is 20.2 Å². The van der Waals surface area contributed by atoms with Gasteiger partial charge < -0.3 is 5.11 Å². The van der Waals surface area contributed by atoms with Crippen LogP contribution in [0.3, 0.4) is 0 Å². The van der Waals surface area contributed by atoms with Gasteiger partial charge in [0.25, 0.3) is 0 Å². The average Bonchev–Trinajstić information content (AvgIpc) is 2.14. The van der Waals surface area contributed by atoms with E-state index < -0.39 is 0 Å². The maximum atomic E-state index is 9.92. The minimum atomic E-state index is -0.183. The Morgan fingerprint density at radius 2 is 2.10 bits per heavy atom. The molecule has 0 aromatic rings. The van der Waals surface area contributed by atoms with Crippen LogP contribution in [0.2, 0.25) is 0 Å². The maximum absolute atomic E-state index is 9.92. The van der Waals surface area contributed by atoms with Crippen LogP contribution in [0.1, 0.15) is 32.6 Å². The summed E-state index contributed by atoms with van der Waals surface area (Å²) in [7, 11) is 0. The lowest BCUT2D eigenvalue weighted by Gasteiger charge is -2.51. The molecule has 0 amide bonds. The largest absolute Gasteiger partial charge is 0.390 e. The van der Waals surface area contributed by atoms with Gasteiger partial charge in [0.05, 0.1) is 5.60 Å². The van der Waals surface area contributed by atoms with Gasteiger partial charge in [0.1, 0.15) is 0 Å². The van der Waals surface area contributed by atoms with Crippen LogP contribution in [0.5, 0.6) is 0 Å². The van der Waals surface area contributed by atoms with Crippen molar-refractivity contribution < 1.29 is 5.11 Å². The second-order valence-electron chi connectivity index (χ2n) is 5.07. The summed E-state index contributed by atoms with van der Waals surface area (Å²) in [6.45, 7) is 2.34. The van der Waals surface area contributed by atoms with Crippen molar-refractivity contribution in [2.24, 2.45) is 17.3 Å². The molecule has 0 aromatic carbocycles. The maximum Gasteiger partial charge on any atom is 0.0686 e. The monoisotopic (exact) mass is 138 g/mol. The Morgan fingerprint density at radius 3 is 2.40 bits per heavy atom. The molecule has 1 N–H and O–H groups in total. The summed E-state index contributed by atoms with van der Waals surface area (Å²) in [5.74, 6) is 1.61. The third-order valence-corrected chi connectivity index (χ3v) is 4.08. The first-order valence-electron chi connectivity index (χ1n) is 4.34. The molecule has 0 aliphatic heterocycles. The molecule has 0 spiro atoms. The first kappa shape index (κ1) is 5.59. The van der Waals surface area contributed by atoms with Crippen molar-refractivity contribution in [1.29, 1.82) is 0 Å². The zero-order valence-electron chi connectivity index (χ0n) is 6.43. The highest BCUT2D eigenvalue weighted by molar-refractivity contribution is 5.18. The molecular weight excluding hydrogens is 124 g/mol. The average molecular weight is 138 g/mol. The number of hydrogen-bond donors (Lipinski definition) is 1. The van der Waals surface area contributed by atoms with Crippen LogP contribution in [-0.2, 0) is 0 Å². The van der Waals surface area contributed by atoms with Gasteiger partial charge in [-0.3, -0.25) is 0 Å². The molecule has 3 aliphatic rings. The van der Waals surface area contributed by atoms with E-state index in [0.717, 1.165) is 18.8 Å². The molecule has 3 rings (SSSR count). The van der Waals surface area contributed by atoms with E-state index in [9.17, 15) is 5.11 Å². The minimum absolute atomic E-state index is 0.183. The summed E-state index contributed by atoms with van der Waals surface area (Å²) in [6, 6.07) is 0. The number of aliphatic hydroxyl groups is 1. The molecule has 4 atom stereocenters. The predicted molar refractivity (Wildman–Crippen MR) is 38.5 cm³/mol. The van der Waals surface area contributed by atoms with Gasteiger partial charge in [0.2, 0.25) is 0 Å². The van der Waals surface area contributed by atoms with Crippen molar-refractivity contribution in [2.75, 3.05) is 0 Å². The second kappa shape index (κ2) is 1.18. The fraction of sp³-hybridized carbons (Fsp3) is 1.00. The number of hydrogen-bond acceptors (Lipinski definition) is 1. The minimum Gasteiger partial charge on any atom is -0.390 e. The summed E-state index contributed by atoms with van der Waals surface area (Å²) in [5.41, 5.74) is 0.361. The van der Waals surface area contributed by atoms with E-state index in [0.29, 0.717) is 11.3 Å². The molecule has 4 unspecified atom stereocenters. The van der Waals surface area contributed by atoms with E-state index in [1.807, 2.05) is 0 Å². The van der Waals surface area contributed by atoms with Crippen LogP contribution in [0.15, 0.2) is 0 Å². The van der Waals surface area contributed by atoms with Crippen LogP contribution < -0.4 is 0 Å². The third-order valence-electron chi connectivity index (χ3n) is 4.08. The van der Waals surface area contributed by atoms with Crippen molar-refractivity contribution >= 4 is 0 Å². The highest BCUT2D eigenvalue weighted by Crippen LogP contribution is 2.70. The second-order valence-corrected chi connectivity index (χ2v) is 5.07. The van der Waals surface area contributed by atoms with Crippen molar-refractivity contribution in [2.45, 2.75) is 38.2 Å². The lowest BCUT2D eigenvalue weighted by atomic mass is 9.58. The highest BCUT2D eigenvalue weighted by Gasteiger charge is 2.67. The van der Waals surface area contributed by atoms with Gasteiger partial charge in [-0.15, -0.1) is 0 Å². The summed E-state index contributed by atoms with van der Waals surface area (Å²) in [6.07, 6.45) is 4.93. The van der Waals surface area contributed by atoms with Gasteiger partial charge in [-0.1, -0.05) is 6.92 Å². The Morgan fingerprint density at radius 1 is 1.30 bits per heavy atom. The van der Waals surface area contributed by atoms with Gasteiger partial charge >= 0.3 is 0 Å². The van der Waals surface area contributed by atoms with Gasteiger partial charge in [0.15, 0.2) is 0 Å². The van der Waals surface area contributed by atoms with Crippen LogP contribution in [0.25, 0.3) is 0 Å². The molecule has 1 heteroatoms. The summed E-state index contributed by atoms with van der Waals surface area (Å²) in [4.78, 5) is 0. The first-order chi connectivity index (χ1) is 4.61. The molecule has 2 bridgehead atoms. The Balaban J connectivity index is 2.05. The van der Waals surface area contributed by atoms with E-state index in [1.54, 1.807) is 0 Å². The quantitative estimate of drug-likeness (QED) is 0.538. The molecule has 3 saturated carbocycles. The van der Waals surface area contributed by atoms with Gasteiger partial charge in [-0.2, -0.15) is 0 Å². The van der Waals surface area contributed by atoms with Crippen LogP contribution >= 0.6 is 0 Å². The predicted octanol–water partition coefficient (Wildman–Crippen LogP) is 1.56. The molecule has 0 saturated heterocycles. The Kier molecular flexibility index (Phi) is 0.658. The lowest BCUT2D eigenvalue weighted by Crippen LogP contribution is -2.52. The van der Waals surface area contributed by atoms with Crippen LogP contribution in [-0.4, -0.2) is 10.7 Å². The number of fused-ring (bicyclic) bond motifs is 1. The van der Waals surface area contributed by atoms with Crippen LogP contribution in [0, 0.1) is 17.3 Å². The fourth-order valence-corrected chi connectivity index (χ4v) is 3.93. The van der Waals surface area contributed by atoms with Gasteiger partial charge in [-0.05, 0) is 42.9 Å². The summed E-state index contributed by atoms with van der Waals surface area (Å²) < 4.78 is 0. The third kappa shape index (κ3) is 0.402. The molecule has 0 radical (unpaired) electrons. The normalized spacial score (nSPS) is 70.2. The summed E-state index contributed by atoms with van der Waals surface area (Å²) in [5, 5.41) is 9.92. The molecule has 1 nitrogen and oxygen atoms in total. The van der Waals surface area contributed by atoms with Gasteiger partial charge in [-0.25, -0.2) is 0 Å². The Bertz CT molecular complexity index is 199. The zero-order valence-corrected chi connectivity index (χ0v) is 6.43. The molecule has 56 valence electrons. The smallest absolute Gasteiger partial charge is 0.0686 e. The van der Waals surface area contributed by atoms with E-state index in [-0.39, 0.29) is 5.60 Å². The Labute approximate surface area is 61.4 Å². The van der Waals surface area contributed by atoms with Crippen LogP contribution in [0.4, 0.5) is 0 Å². The van der Waals surface area contributed by atoms with E-state index in [1.165, 1.54) is 12.8 Å². The fourth-order valence-electron chi connectivity index (χ4n) is 3.93. The molecule has 3 aliphatic carbocycles. The highest BCUT2D eigenvalue weighted by atomic mass is 16.3. The Hall–Kier alpha value is -0.0400. The van der Waals surface area contributed by atoms with Crippen molar-refractivity contribution in [3.63, 3.8) is 0 Å². The molecular formula is C9H14O. The summed E-state index contributed by atoms with van der Waals surface area (Å²) >= 11 is 0. The van der Waals surface area contributed by atoms with E-state index in [2.05, 4.69) is 6.92 Å². The van der Waals surface area contributed by atoms with E-state index >= 15 is 0 Å². The molecule has 3 fully saturated rings. The molecule has 10 heavy (non-hydrogen) atoms. The first-order valence-corrected chi connectivity index (χ1v) is 4.34. The number of rotatable bonds is 0. The van der Waals surface area contributed by atoms with E-state index in [4.69, 9.17) is 0 Å². The van der Waals surface area contributed by atoms with Gasteiger partial charge in [0, 0.05) is 0 Å².